The SMILES string of the molecule is CCc1c(C(=O)Nc2ccc(Br)cc2Cl)cnn1Cc1ccccc1. The molecule has 1 heterocycles. The van der Waals surface area contributed by atoms with Gasteiger partial charge < -0.3 is 5.32 Å². The minimum Gasteiger partial charge on any atom is -0.321 e. The second-order valence-corrected chi connectivity index (χ2v) is 6.90. The third-order valence-electron chi connectivity index (χ3n) is 3.88. The summed E-state index contributed by atoms with van der Waals surface area (Å²) in [5, 5.41) is 7.74. The number of anilines is 1. The highest BCUT2D eigenvalue weighted by atomic mass is 79.9. The van der Waals surface area contributed by atoms with Crippen LogP contribution in [0.2, 0.25) is 5.02 Å². The Morgan fingerprint density at radius 2 is 2.00 bits per heavy atom. The maximum Gasteiger partial charge on any atom is 0.259 e. The fourth-order valence-electron chi connectivity index (χ4n) is 2.65. The van der Waals surface area contributed by atoms with E-state index in [0.717, 1.165) is 15.7 Å². The highest BCUT2D eigenvalue weighted by molar-refractivity contribution is 9.10. The van der Waals surface area contributed by atoms with E-state index in [1.807, 2.05) is 48.0 Å². The molecule has 0 aliphatic heterocycles. The number of nitrogens with zero attached hydrogens (tertiary/aromatic N) is 2. The highest BCUT2D eigenvalue weighted by Gasteiger charge is 2.17. The third-order valence-corrected chi connectivity index (χ3v) is 4.69. The molecule has 1 aromatic heterocycles. The summed E-state index contributed by atoms with van der Waals surface area (Å²) in [6, 6.07) is 15.4. The number of hydrogen-bond acceptors (Lipinski definition) is 2. The lowest BCUT2D eigenvalue weighted by Gasteiger charge is -2.10. The minimum absolute atomic E-state index is 0.208. The molecule has 0 atom stereocenters. The molecule has 0 unspecified atom stereocenters. The van der Waals surface area contributed by atoms with Crippen LogP contribution < -0.4 is 5.32 Å². The van der Waals surface area contributed by atoms with Gasteiger partial charge in [-0.15, -0.1) is 0 Å². The van der Waals surface area contributed by atoms with Crippen molar-refractivity contribution in [2.45, 2.75) is 19.9 Å². The van der Waals surface area contributed by atoms with Gasteiger partial charge in [-0.05, 0) is 30.2 Å². The smallest absolute Gasteiger partial charge is 0.259 e. The van der Waals surface area contributed by atoms with Gasteiger partial charge in [-0.3, -0.25) is 9.48 Å². The van der Waals surface area contributed by atoms with Crippen molar-refractivity contribution in [3.05, 3.63) is 81.0 Å². The van der Waals surface area contributed by atoms with Crippen LogP contribution in [0, 0.1) is 0 Å². The van der Waals surface area contributed by atoms with E-state index in [1.165, 1.54) is 0 Å². The molecule has 0 fully saturated rings. The summed E-state index contributed by atoms with van der Waals surface area (Å²) >= 11 is 9.54. The second kappa shape index (κ2) is 7.85. The molecule has 0 aliphatic rings. The van der Waals surface area contributed by atoms with Gasteiger partial charge in [-0.2, -0.15) is 5.10 Å². The summed E-state index contributed by atoms with van der Waals surface area (Å²) in [5.74, 6) is -0.208. The van der Waals surface area contributed by atoms with E-state index in [-0.39, 0.29) is 5.91 Å². The summed E-state index contributed by atoms with van der Waals surface area (Å²) in [4.78, 5) is 12.7. The normalized spacial score (nSPS) is 10.7. The first kappa shape index (κ1) is 17.7. The fourth-order valence-corrected chi connectivity index (χ4v) is 3.37. The standard InChI is InChI=1S/C19H17BrClN3O/c1-2-18-15(11-22-24(18)12-13-6-4-3-5-7-13)19(25)23-17-9-8-14(20)10-16(17)21/h3-11H,2,12H2,1H3,(H,23,25). The van der Waals surface area contributed by atoms with Crippen LogP contribution in [0.5, 0.6) is 0 Å². The van der Waals surface area contributed by atoms with Gasteiger partial charge in [0.1, 0.15) is 0 Å². The predicted molar refractivity (Wildman–Crippen MR) is 104 cm³/mol. The van der Waals surface area contributed by atoms with E-state index in [4.69, 9.17) is 11.6 Å². The molecule has 0 spiro atoms. The first-order chi connectivity index (χ1) is 12.1. The summed E-state index contributed by atoms with van der Waals surface area (Å²) < 4.78 is 2.73. The number of rotatable bonds is 5. The second-order valence-electron chi connectivity index (χ2n) is 5.58. The molecule has 2 aromatic carbocycles. The molecule has 0 bridgehead atoms. The molecule has 6 heteroatoms. The van der Waals surface area contributed by atoms with Crippen molar-refractivity contribution in [1.29, 1.82) is 0 Å². The third kappa shape index (κ3) is 4.11. The average molecular weight is 419 g/mol. The van der Waals surface area contributed by atoms with Gasteiger partial charge in [0, 0.05) is 4.47 Å². The Hall–Kier alpha value is -2.11. The Labute approximate surface area is 159 Å². The Balaban J connectivity index is 1.83. The van der Waals surface area contributed by atoms with Crippen LogP contribution in [0.4, 0.5) is 5.69 Å². The van der Waals surface area contributed by atoms with Crippen LogP contribution in [-0.2, 0) is 13.0 Å². The predicted octanol–water partition coefficient (Wildman–Crippen LogP) is 5.16. The van der Waals surface area contributed by atoms with Crippen molar-refractivity contribution in [2.24, 2.45) is 0 Å². The van der Waals surface area contributed by atoms with Crippen LogP contribution in [0.25, 0.3) is 0 Å². The van der Waals surface area contributed by atoms with Crippen molar-refractivity contribution in [3.8, 4) is 0 Å². The maximum absolute atomic E-state index is 12.7. The Morgan fingerprint density at radius 3 is 2.68 bits per heavy atom. The quantitative estimate of drug-likeness (QED) is 0.622. The molecule has 0 radical (unpaired) electrons. The molecule has 3 aromatic rings. The first-order valence-electron chi connectivity index (χ1n) is 7.93. The minimum atomic E-state index is -0.208. The average Bonchev–Trinajstić information content (AvgIpc) is 3.01. The Bertz CT molecular complexity index is 893. The lowest BCUT2D eigenvalue weighted by Crippen LogP contribution is -2.15. The van der Waals surface area contributed by atoms with Gasteiger partial charge in [-0.25, -0.2) is 0 Å². The monoisotopic (exact) mass is 417 g/mol. The zero-order valence-electron chi connectivity index (χ0n) is 13.7. The van der Waals surface area contributed by atoms with Crippen LogP contribution in [0.3, 0.4) is 0 Å². The molecular formula is C19H17BrClN3O. The molecule has 1 amide bonds. The van der Waals surface area contributed by atoms with Gasteiger partial charge in [0.15, 0.2) is 0 Å². The highest BCUT2D eigenvalue weighted by Crippen LogP contribution is 2.26. The van der Waals surface area contributed by atoms with Crippen LogP contribution in [0.15, 0.2) is 59.2 Å². The van der Waals surface area contributed by atoms with E-state index in [9.17, 15) is 4.79 Å². The molecule has 25 heavy (non-hydrogen) atoms. The van der Waals surface area contributed by atoms with Crippen LogP contribution in [-0.4, -0.2) is 15.7 Å². The van der Waals surface area contributed by atoms with Gasteiger partial charge >= 0.3 is 0 Å². The van der Waals surface area contributed by atoms with E-state index in [2.05, 4.69) is 26.3 Å². The summed E-state index contributed by atoms with van der Waals surface area (Å²) in [6.07, 6.45) is 2.33. The van der Waals surface area contributed by atoms with Crippen molar-refractivity contribution in [2.75, 3.05) is 5.32 Å². The van der Waals surface area contributed by atoms with Gasteiger partial charge in [0.2, 0.25) is 0 Å². The van der Waals surface area contributed by atoms with E-state index in [1.54, 1.807) is 18.3 Å². The van der Waals surface area contributed by atoms with Crippen molar-refractivity contribution in [1.82, 2.24) is 9.78 Å². The van der Waals surface area contributed by atoms with E-state index >= 15 is 0 Å². The Kier molecular flexibility index (Phi) is 5.56. The maximum atomic E-state index is 12.7. The molecular weight excluding hydrogens is 402 g/mol. The Morgan fingerprint density at radius 1 is 1.24 bits per heavy atom. The molecule has 3 rings (SSSR count). The van der Waals surface area contributed by atoms with E-state index in [0.29, 0.717) is 29.2 Å². The summed E-state index contributed by atoms with van der Waals surface area (Å²) in [6.45, 7) is 2.65. The lowest BCUT2D eigenvalue weighted by molar-refractivity contribution is 0.102. The number of nitrogens with one attached hydrogen (secondary N) is 1. The largest absolute Gasteiger partial charge is 0.321 e. The number of carbonyl (C=O) groups excluding carboxylic acids is 1. The van der Waals surface area contributed by atoms with Crippen LogP contribution in [0.1, 0.15) is 28.5 Å². The number of amides is 1. The lowest BCUT2D eigenvalue weighted by atomic mass is 10.1. The van der Waals surface area contributed by atoms with Crippen molar-refractivity contribution in [3.63, 3.8) is 0 Å². The van der Waals surface area contributed by atoms with E-state index < -0.39 is 0 Å². The molecule has 1 N–H and O–H groups in total. The fraction of sp³-hybridized carbons (Fsp3) is 0.158. The summed E-state index contributed by atoms with van der Waals surface area (Å²) in [5.41, 5.74) is 3.18. The number of hydrogen-bond donors (Lipinski definition) is 1. The topological polar surface area (TPSA) is 46.9 Å². The van der Waals surface area contributed by atoms with Crippen LogP contribution >= 0.6 is 27.5 Å². The van der Waals surface area contributed by atoms with Gasteiger partial charge in [0.25, 0.3) is 5.91 Å². The number of benzene rings is 2. The van der Waals surface area contributed by atoms with Gasteiger partial charge in [0.05, 0.1) is 34.7 Å². The summed E-state index contributed by atoms with van der Waals surface area (Å²) in [7, 11) is 0. The molecule has 128 valence electrons. The van der Waals surface area contributed by atoms with Crippen molar-refractivity contribution >= 4 is 39.1 Å². The molecule has 0 saturated heterocycles. The number of aromatic nitrogens is 2. The molecule has 4 nitrogen and oxygen atoms in total. The number of carbonyl (C=O) groups is 1. The zero-order chi connectivity index (χ0) is 17.8. The van der Waals surface area contributed by atoms with Crippen molar-refractivity contribution < 1.29 is 4.79 Å². The molecule has 0 aliphatic carbocycles. The first-order valence-corrected chi connectivity index (χ1v) is 9.10. The zero-order valence-corrected chi connectivity index (χ0v) is 16.0. The van der Waals surface area contributed by atoms with Gasteiger partial charge in [-0.1, -0.05) is 64.8 Å². The molecule has 0 saturated carbocycles. The number of halogens is 2.